The van der Waals surface area contributed by atoms with Gasteiger partial charge in [0.15, 0.2) is 5.78 Å². The summed E-state index contributed by atoms with van der Waals surface area (Å²) in [5, 5.41) is 0.804. The number of carbonyl (C=O) groups is 1. The molecule has 106 valence electrons. The summed E-state index contributed by atoms with van der Waals surface area (Å²) in [6, 6.07) is 8.15. The third-order valence-electron chi connectivity index (χ3n) is 3.22. The van der Waals surface area contributed by atoms with Gasteiger partial charge in [0.25, 0.3) is 0 Å². The zero-order valence-electron chi connectivity index (χ0n) is 10.6. The van der Waals surface area contributed by atoms with Crippen molar-refractivity contribution in [1.29, 1.82) is 0 Å². The van der Waals surface area contributed by atoms with Crippen LogP contribution < -0.4 is 5.73 Å². The topological polar surface area (TPSA) is 58.9 Å². The van der Waals surface area contributed by atoms with Crippen molar-refractivity contribution in [3.8, 4) is 0 Å². The fraction of sp³-hybridized carbons (Fsp3) is 0. The van der Waals surface area contributed by atoms with Crippen LogP contribution in [0.15, 0.2) is 45.5 Å². The van der Waals surface area contributed by atoms with E-state index in [9.17, 15) is 9.18 Å². The van der Waals surface area contributed by atoms with Crippen molar-refractivity contribution in [1.82, 2.24) is 4.98 Å². The van der Waals surface area contributed by atoms with Gasteiger partial charge in [0, 0.05) is 37.2 Å². The zero-order valence-corrected chi connectivity index (χ0v) is 13.8. The molecule has 0 saturated heterocycles. The van der Waals surface area contributed by atoms with Gasteiger partial charge >= 0.3 is 0 Å². The first kappa shape index (κ1) is 14.3. The van der Waals surface area contributed by atoms with Gasteiger partial charge in [-0.1, -0.05) is 22.0 Å². The predicted molar refractivity (Wildman–Crippen MR) is 87.9 cm³/mol. The van der Waals surface area contributed by atoms with Crippen molar-refractivity contribution < 1.29 is 9.18 Å². The molecule has 0 radical (unpaired) electrons. The summed E-state index contributed by atoms with van der Waals surface area (Å²) in [5.41, 5.74) is 7.19. The minimum atomic E-state index is -0.554. The van der Waals surface area contributed by atoms with Crippen molar-refractivity contribution in [3.63, 3.8) is 0 Å². The number of fused-ring (bicyclic) bond motifs is 1. The summed E-state index contributed by atoms with van der Waals surface area (Å²) in [5.74, 6) is -0.775. The third kappa shape index (κ3) is 2.49. The molecule has 3 rings (SSSR count). The summed E-state index contributed by atoms with van der Waals surface area (Å²) < 4.78 is 14.7. The van der Waals surface area contributed by atoms with Crippen LogP contribution in [0.1, 0.15) is 15.9 Å². The third-order valence-corrected chi connectivity index (χ3v) is 4.37. The quantitative estimate of drug-likeness (QED) is 0.476. The van der Waals surface area contributed by atoms with Crippen molar-refractivity contribution in [2.24, 2.45) is 0 Å². The first-order chi connectivity index (χ1) is 9.97. The van der Waals surface area contributed by atoms with Crippen LogP contribution >= 0.6 is 31.9 Å². The van der Waals surface area contributed by atoms with Gasteiger partial charge in [-0.25, -0.2) is 4.39 Å². The lowest BCUT2D eigenvalue weighted by atomic mass is 10.0. The average molecular weight is 412 g/mol. The Hall–Kier alpha value is -1.66. The van der Waals surface area contributed by atoms with E-state index in [1.165, 1.54) is 12.1 Å². The Kier molecular flexibility index (Phi) is 3.59. The molecule has 3 nitrogen and oxygen atoms in total. The predicted octanol–water partition coefficient (Wildman–Crippen LogP) is 4.65. The number of carbonyl (C=O) groups excluding carboxylic acids is 1. The van der Waals surface area contributed by atoms with Crippen molar-refractivity contribution in [3.05, 3.63) is 62.4 Å². The maximum absolute atomic E-state index is 13.4. The van der Waals surface area contributed by atoms with E-state index >= 15 is 0 Å². The van der Waals surface area contributed by atoms with Gasteiger partial charge in [0.05, 0.1) is 5.69 Å². The number of aromatic nitrogens is 1. The van der Waals surface area contributed by atoms with E-state index in [0.717, 1.165) is 15.4 Å². The molecular weight excluding hydrogens is 403 g/mol. The smallest absolute Gasteiger partial charge is 0.196 e. The Morgan fingerprint density at radius 1 is 1.14 bits per heavy atom. The van der Waals surface area contributed by atoms with Gasteiger partial charge in [-0.05, 0) is 40.2 Å². The van der Waals surface area contributed by atoms with Crippen LogP contribution in [0.4, 0.5) is 10.1 Å². The fourth-order valence-corrected chi connectivity index (χ4v) is 3.03. The number of H-pyrrole nitrogens is 1. The molecule has 0 spiro atoms. The molecule has 1 heterocycles. The number of hydrogen-bond donors (Lipinski definition) is 2. The number of ketones is 1. The molecule has 1 aromatic heterocycles. The average Bonchev–Trinajstić information content (AvgIpc) is 2.85. The summed E-state index contributed by atoms with van der Waals surface area (Å²) >= 11 is 6.59. The number of nitrogen functional groups attached to an aromatic ring is 1. The highest BCUT2D eigenvalue weighted by atomic mass is 79.9. The van der Waals surface area contributed by atoms with Crippen LogP contribution in [-0.4, -0.2) is 10.8 Å². The van der Waals surface area contributed by atoms with Gasteiger partial charge < -0.3 is 10.7 Å². The monoisotopic (exact) mass is 410 g/mol. The molecule has 0 fully saturated rings. The number of halogens is 3. The van der Waals surface area contributed by atoms with Crippen LogP contribution in [0.2, 0.25) is 0 Å². The van der Waals surface area contributed by atoms with E-state index in [4.69, 9.17) is 5.73 Å². The van der Waals surface area contributed by atoms with Gasteiger partial charge in [-0.3, -0.25) is 4.79 Å². The molecule has 3 aromatic rings. The first-order valence-electron chi connectivity index (χ1n) is 6.03. The number of nitrogens with two attached hydrogens (primary N) is 1. The van der Waals surface area contributed by atoms with Crippen molar-refractivity contribution in [2.45, 2.75) is 0 Å². The number of aromatic amines is 1. The molecule has 21 heavy (non-hydrogen) atoms. The fourth-order valence-electron chi connectivity index (χ4n) is 2.17. The summed E-state index contributed by atoms with van der Waals surface area (Å²) in [6.07, 6.45) is 1.64. The van der Waals surface area contributed by atoms with E-state index in [2.05, 4.69) is 36.8 Å². The Balaban J connectivity index is 2.15. The highest BCUT2D eigenvalue weighted by Crippen LogP contribution is 2.29. The minimum absolute atomic E-state index is 0.0517. The van der Waals surface area contributed by atoms with E-state index < -0.39 is 5.82 Å². The maximum Gasteiger partial charge on any atom is 0.196 e. The van der Waals surface area contributed by atoms with Crippen LogP contribution in [-0.2, 0) is 0 Å². The first-order valence-corrected chi connectivity index (χ1v) is 7.62. The standard InChI is InChI=1S/C15H9Br2FN2O/c16-7-1-2-8-10(6-20-14(8)3-7)15(21)9-4-13(19)12(18)5-11(9)17/h1-6,20H,19H2. The Bertz CT molecular complexity index is 873. The van der Waals surface area contributed by atoms with Gasteiger partial charge in [-0.2, -0.15) is 0 Å². The highest BCUT2D eigenvalue weighted by molar-refractivity contribution is 9.10. The normalized spacial score (nSPS) is 11.0. The van der Waals surface area contributed by atoms with E-state index in [1.807, 2.05) is 18.2 Å². The molecule has 6 heteroatoms. The highest BCUT2D eigenvalue weighted by Gasteiger charge is 2.18. The molecule has 0 aliphatic heterocycles. The SMILES string of the molecule is Nc1cc(C(=O)c2c[nH]c3cc(Br)ccc23)c(Br)cc1F. The zero-order chi connectivity index (χ0) is 15.1. The van der Waals surface area contributed by atoms with Gasteiger partial charge in [0.1, 0.15) is 5.82 Å². The largest absolute Gasteiger partial charge is 0.396 e. The number of hydrogen-bond acceptors (Lipinski definition) is 2. The second kappa shape index (κ2) is 5.27. The molecule has 0 saturated carbocycles. The maximum atomic E-state index is 13.4. The molecule has 0 unspecified atom stereocenters. The van der Waals surface area contributed by atoms with Crippen LogP contribution in [0, 0.1) is 5.82 Å². The molecule has 0 aliphatic rings. The summed E-state index contributed by atoms with van der Waals surface area (Å²) in [7, 11) is 0. The lowest BCUT2D eigenvalue weighted by Gasteiger charge is -2.05. The van der Waals surface area contributed by atoms with Gasteiger partial charge in [-0.15, -0.1) is 0 Å². The lowest BCUT2D eigenvalue weighted by molar-refractivity contribution is 0.103. The Labute approximate surface area is 136 Å². The van der Waals surface area contributed by atoms with Crippen molar-refractivity contribution in [2.75, 3.05) is 5.73 Å². The van der Waals surface area contributed by atoms with E-state index in [1.54, 1.807) is 6.20 Å². The molecule has 0 bridgehead atoms. The summed E-state index contributed by atoms with van der Waals surface area (Å²) in [4.78, 5) is 15.7. The number of nitrogens with one attached hydrogen (secondary N) is 1. The second-order valence-corrected chi connectivity index (χ2v) is 6.34. The van der Waals surface area contributed by atoms with Crippen LogP contribution in [0.25, 0.3) is 10.9 Å². The molecule has 2 aromatic carbocycles. The molecular formula is C15H9Br2FN2O. The molecule has 3 N–H and O–H groups in total. The van der Waals surface area contributed by atoms with Gasteiger partial charge in [0.2, 0.25) is 0 Å². The lowest BCUT2D eigenvalue weighted by Crippen LogP contribution is -2.04. The second-order valence-electron chi connectivity index (χ2n) is 4.57. The molecule has 0 aliphatic carbocycles. The molecule has 0 amide bonds. The van der Waals surface area contributed by atoms with Crippen molar-refractivity contribution >= 4 is 54.2 Å². The minimum Gasteiger partial charge on any atom is -0.396 e. The summed E-state index contributed by atoms with van der Waals surface area (Å²) in [6.45, 7) is 0. The van der Waals surface area contributed by atoms with Crippen LogP contribution in [0.3, 0.4) is 0 Å². The van der Waals surface area contributed by atoms with E-state index in [-0.39, 0.29) is 11.5 Å². The Morgan fingerprint density at radius 3 is 2.67 bits per heavy atom. The van der Waals surface area contributed by atoms with Crippen LogP contribution in [0.5, 0.6) is 0 Å². The Morgan fingerprint density at radius 2 is 1.90 bits per heavy atom. The number of rotatable bonds is 2. The molecule has 0 atom stereocenters. The number of anilines is 1. The number of benzene rings is 2. The van der Waals surface area contributed by atoms with E-state index in [0.29, 0.717) is 15.6 Å².